The lowest BCUT2D eigenvalue weighted by Gasteiger charge is -2.26. The largest absolute Gasteiger partial charge is 0.462 e. The maximum absolute atomic E-state index is 12.7. The summed E-state index contributed by atoms with van der Waals surface area (Å²) < 4.78 is 23.3. The fourth-order valence-corrected chi connectivity index (χ4v) is 4.90. The average Bonchev–Trinajstić information content (AvgIpc) is 3.49. The molecule has 1 saturated carbocycles. The Kier molecular flexibility index (Phi) is 5.76. The summed E-state index contributed by atoms with van der Waals surface area (Å²) in [6.07, 6.45) is 3.92. The lowest BCUT2D eigenvalue weighted by Crippen LogP contribution is -2.28. The molecule has 0 radical (unpaired) electrons. The molecule has 0 N–H and O–H groups in total. The van der Waals surface area contributed by atoms with Gasteiger partial charge in [0.15, 0.2) is 0 Å². The maximum atomic E-state index is 12.7. The second-order valence-corrected chi connectivity index (χ2v) is 8.69. The van der Waals surface area contributed by atoms with E-state index in [0.29, 0.717) is 36.6 Å². The molecular weight excluding hydrogens is 432 g/mol. The topological polar surface area (TPSA) is 71.1 Å². The van der Waals surface area contributed by atoms with E-state index in [-0.39, 0.29) is 29.9 Å². The van der Waals surface area contributed by atoms with Crippen LogP contribution in [0.5, 0.6) is 0 Å². The van der Waals surface area contributed by atoms with Crippen molar-refractivity contribution in [3.63, 3.8) is 0 Å². The van der Waals surface area contributed by atoms with E-state index in [1.54, 1.807) is 36.4 Å². The monoisotopic (exact) mass is 454 g/mol. The number of carbonyl (C=O) groups excluding carboxylic acids is 2. The normalized spacial score (nSPS) is 28.6. The van der Waals surface area contributed by atoms with Crippen LogP contribution in [-0.4, -0.2) is 37.4 Å². The van der Waals surface area contributed by atoms with Gasteiger partial charge in [-0.2, -0.15) is 0 Å². The Balaban J connectivity index is 1.41. The minimum absolute atomic E-state index is 0.0593. The zero-order chi connectivity index (χ0) is 22.1. The zero-order valence-corrected chi connectivity index (χ0v) is 18.1. The summed E-state index contributed by atoms with van der Waals surface area (Å²) in [6, 6.07) is 16.2. The fraction of sp³-hybridized carbons (Fsp3) is 0.360. The van der Waals surface area contributed by atoms with Crippen LogP contribution in [0.25, 0.3) is 0 Å². The van der Waals surface area contributed by atoms with Crippen LogP contribution >= 0.6 is 11.6 Å². The molecule has 2 aliphatic heterocycles. The summed E-state index contributed by atoms with van der Waals surface area (Å²) in [6.45, 7) is 0.912. The van der Waals surface area contributed by atoms with Gasteiger partial charge in [-0.05, 0) is 30.3 Å². The maximum Gasteiger partial charge on any atom is 0.338 e. The second kappa shape index (κ2) is 8.70. The lowest BCUT2D eigenvalue weighted by molar-refractivity contribution is -0.141. The lowest BCUT2D eigenvalue weighted by atomic mass is 9.90. The Morgan fingerprint density at radius 3 is 2.50 bits per heavy atom. The molecule has 0 bridgehead atoms. The number of ether oxygens (including phenoxy) is 4. The van der Waals surface area contributed by atoms with Gasteiger partial charge in [-0.15, -0.1) is 0 Å². The first-order valence-corrected chi connectivity index (χ1v) is 11.1. The van der Waals surface area contributed by atoms with E-state index in [9.17, 15) is 9.59 Å². The second-order valence-electron chi connectivity index (χ2n) is 8.25. The van der Waals surface area contributed by atoms with Gasteiger partial charge in [0.1, 0.15) is 12.2 Å². The summed E-state index contributed by atoms with van der Waals surface area (Å²) in [5.41, 5.74) is 1.31. The van der Waals surface area contributed by atoms with Gasteiger partial charge in [0.05, 0.1) is 25.2 Å². The van der Waals surface area contributed by atoms with Crippen LogP contribution in [0.15, 0.2) is 66.7 Å². The van der Waals surface area contributed by atoms with Gasteiger partial charge in [-0.1, -0.05) is 48.0 Å². The van der Waals surface area contributed by atoms with Gasteiger partial charge >= 0.3 is 11.9 Å². The van der Waals surface area contributed by atoms with Crippen molar-refractivity contribution >= 4 is 23.5 Å². The van der Waals surface area contributed by atoms with Gasteiger partial charge < -0.3 is 18.9 Å². The van der Waals surface area contributed by atoms with E-state index in [1.165, 1.54) is 0 Å². The minimum Gasteiger partial charge on any atom is -0.462 e. The Morgan fingerprint density at radius 2 is 1.78 bits per heavy atom. The highest BCUT2D eigenvalue weighted by molar-refractivity contribution is 6.30. The predicted molar refractivity (Wildman–Crippen MR) is 116 cm³/mol. The number of hydrogen-bond acceptors (Lipinski definition) is 6. The molecule has 166 valence electrons. The summed E-state index contributed by atoms with van der Waals surface area (Å²) >= 11 is 6.04. The molecule has 32 heavy (non-hydrogen) atoms. The first-order chi connectivity index (χ1) is 15.5. The molecule has 0 amide bonds. The van der Waals surface area contributed by atoms with Gasteiger partial charge in [-0.3, -0.25) is 4.79 Å². The molecule has 2 saturated heterocycles. The van der Waals surface area contributed by atoms with E-state index in [4.69, 9.17) is 30.5 Å². The Morgan fingerprint density at radius 1 is 1.06 bits per heavy atom. The number of esters is 2. The van der Waals surface area contributed by atoms with Crippen LogP contribution in [0.2, 0.25) is 5.02 Å². The molecule has 2 heterocycles. The molecule has 0 unspecified atom stereocenters. The molecule has 2 aromatic carbocycles. The molecule has 3 aliphatic rings. The average molecular weight is 455 g/mol. The molecule has 4 atom stereocenters. The number of halogens is 1. The Labute approximate surface area is 191 Å². The number of hydrogen-bond donors (Lipinski definition) is 0. The molecule has 0 aromatic heterocycles. The summed E-state index contributed by atoms with van der Waals surface area (Å²) in [5, 5.41) is 0.624. The Hall–Kier alpha value is -2.67. The van der Waals surface area contributed by atoms with Crippen molar-refractivity contribution in [2.24, 2.45) is 11.8 Å². The molecule has 0 spiro atoms. The molecule has 1 aliphatic carbocycles. The van der Waals surface area contributed by atoms with E-state index in [1.807, 2.05) is 30.4 Å². The standard InChI is InChI=1S/C25H23ClO6/c26-18-8-6-17(7-9-18)25(29-12-13-30-25)11-10-19-20-14-23(27)31-22(20)15-21(19)32-24(28)16-4-2-1-3-5-16/h1-11,19-22H,12-15H2/b11-10+/t19-,20-,21-,22+/m1/s1. The third-order valence-electron chi connectivity index (χ3n) is 6.32. The minimum atomic E-state index is -1.04. The van der Waals surface area contributed by atoms with Crippen molar-refractivity contribution in [1.29, 1.82) is 0 Å². The molecule has 7 heteroatoms. The molecule has 3 fully saturated rings. The van der Waals surface area contributed by atoms with Crippen molar-refractivity contribution in [1.82, 2.24) is 0 Å². The number of rotatable bonds is 5. The highest BCUT2D eigenvalue weighted by Crippen LogP contribution is 2.45. The summed E-state index contributed by atoms with van der Waals surface area (Å²) in [7, 11) is 0. The van der Waals surface area contributed by atoms with E-state index in [2.05, 4.69) is 0 Å². The third-order valence-corrected chi connectivity index (χ3v) is 6.57. The third kappa shape index (κ3) is 4.06. The predicted octanol–water partition coefficient (Wildman–Crippen LogP) is 4.27. The molecule has 5 rings (SSSR count). The molecule has 2 aromatic rings. The van der Waals surface area contributed by atoms with Crippen LogP contribution in [-0.2, 0) is 29.5 Å². The first kappa shape index (κ1) is 21.2. The van der Waals surface area contributed by atoms with E-state index in [0.717, 1.165) is 5.56 Å². The zero-order valence-electron chi connectivity index (χ0n) is 17.3. The van der Waals surface area contributed by atoms with Crippen molar-refractivity contribution in [3.05, 3.63) is 82.9 Å². The van der Waals surface area contributed by atoms with Crippen LogP contribution in [0.3, 0.4) is 0 Å². The number of carbonyl (C=O) groups is 2. The quantitative estimate of drug-likeness (QED) is 0.496. The highest BCUT2D eigenvalue weighted by atomic mass is 35.5. The van der Waals surface area contributed by atoms with Crippen LogP contribution in [0, 0.1) is 11.8 Å². The smallest absolute Gasteiger partial charge is 0.338 e. The van der Waals surface area contributed by atoms with Crippen LogP contribution in [0.4, 0.5) is 0 Å². The summed E-state index contributed by atoms with van der Waals surface area (Å²) in [5.74, 6) is -1.90. The van der Waals surface area contributed by atoms with Crippen molar-refractivity contribution in [2.45, 2.75) is 30.8 Å². The van der Waals surface area contributed by atoms with Gasteiger partial charge in [-0.25, -0.2) is 4.79 Å². The fourth-order valence-electron chi connectivity index (χ4n) is 4.78. The highest BCUT2D eigenvalue weighted by Gasteiger charge is 2.51. The van der Waals surface area contributed by atoms with E-state index >= 15 is 0 Å². The molecule has 6 nitrogen and oxygen atoms in total. The SMILES string of the molecule is O=C1C[C@@H]2[C@@H](/C=C/C3(c4ccc(Cl)cc4)OCCO3)[C@H](OC(=O)c3ccccc3)C[C@@H]2O1. The first-order valence-electron chi connectivity index (χ1n) is 10.7. The number of benzene rings is 2. The van der Waals surface area contributed by atoms with Crippen molar-refractivity contribution in [2.75, 3.05) is 13.2 Å². The molecular formula is C25H23ClO6. The van der Waals surface area contributed by atoms with Gasteiger partial charge in [0.25, 0.3) is 0 Å². The van der Waals surface area contributed by atoms with Gasteiger partial charge in [0.2, 0.25) is 5.79 Å². The van der Waals surface area contributed by atoms with Crippen LogP contribution < -0.4 is 0 Å². The van der Waals surface area contributed by atoms with Gasteiger partial charge in [0, 0.05) is 28.8 Å². The van der Waals surface area contributed by atoms with Crippen molar-refractivity contribution in [3.8, 4) is 0 Å². The van der Waals surface area contributed by atoms with E-state index < -0.39 is 11.9 Å². The van der Waals surface area contributed by atoms with Crippen LogP contribution in [0.1, 0.15) is 28.8 Å². The van der Waals surface area contributed by atoms with Crippen molar-refractivity contribution < 1.29 is 28.5 Å². The summed E-state index contributed by atoms with van der Waals surface area (Å²) in [4.78, 5) is 24.6. The Bertz CT molecular complexity index is 1010. The number of fused-ring (bicyclic) bond motifs is 1.